The third kappa shape index (κ3) is 3.34. The summed E-state index contributed by atoms with van der Waals surface area (Å²) in [5.74, 6) is 0.489. The van der Waals surface area contributed by atoms with Crippen LogP contribution in [0.4, 0.5) is 5.69 Å². The van der Waals surface area contributed by atoms with Gasteiger partial charge in [-0.15, -0.1) is 11.3 Å². The number of hydrogen-bond acceptors (Lipinski definition) is 6. The van der Waals surface area contributed by atoms with Crippen LogP contribution in [0.15, 0.2) is 23.4 Å². The molecular weight excluding hydrogens is 360 g/mol. The van der Waals surface area contributed by atoms with Gasteiger partial charge in [0.2, 0.25) is 0 Å². The van der Waals surface area contributed by atoms with Crippen molar-refractivity contribution in [2.45, 2.75) is 24.6 Å². The Morgan fingerprint density at radius 3 is 2.96 bits per heavy atom. The molecule has 3 aromatic rings. The Kier molecular flexibility index (Phi) is 4.94. The van der Waals surface area contributed by atoms with Crippen molar-refractivity contribution in [1.29, 1.82) is 5.26 Å². The van der Waals surface area contributed by atoms with E-state index < -0.39 is 10.8 Å². The van der Waals surface area contributed by atoms with E-state index >= 15 is 0 Å². The van der Waals surface area contributed by atoms with E-state index in [1.807, 2.05) is 26.0 Å². The Balaban J connectivity index is 1.85. The van der Waals surface area contributed by atoms with Gasteiger partial charge in [0.25, 0.3) is 0 Å². The molecule has 24 heavy (non-hydrogen) atoms. The number of nitrogens with one attached hydrogen (secondary N) is 2. The van der Waals surface area contributed by atoms with Crippen molar-refractivity contribution >= 4 is 50.7 Å². The summed E-state index contributed by atoms with van der Waals surface area (Å²) < 4.78 is 14.7. The predicted octanol–water partition coefficient (Wildman–Crippen LogP) is 4.11. The van der Waals surface area contributed by atoms with Crippen LogP contribution in [0, 0.1) is 25.2 Å². The Hall–Kier alpha value is -1.82. The predicted molar refractivity (Wildman–Crippen MR) is 102 cm³/mol. The van der Waals surface area contributed by atoms with E-state index in [-0.39, 0.29) is 0 Å². The molecule has 0 spiro atoms. The molecule has 1 atom stereocenters. The number of nitrogens with zero attached hydrogens (tertiary/aromatic N) is 2. The van der Waals surface area contributed by atoms with Crippen molar-refractivity contribution in [3.63, 3.8) is 0 Å². The van der Waals surface area contributed by atoms with Crippen molar-refractivity contribution in [2.75, 3.05) is 11.0 Å². The standard InChI is InChI=1S/C16H16N4OS3/c1-9-4-5-12(15-14(9)11(6-17)7-18-15)20-23-16-10(2)22-13(19-16)8-24(3)21/h4-5,7,18,20H,8H2,1-3H3. The monoisotopic (exact) mass is 376 g/mol. The molecule has 8 heteroatoms. The highest BCUT2D eigenvalue weighted by atomic mass is 32.2. The van der Waals surface area contributed by atoms with Gasteiger partial charge in [0, 0.05) is 45.5 Å². The minimum absolute atomic E-state index is 0.489. The second-order valence-electron chi connectivity index (χ2n) is 5.38. The lowest BCUT2D eigenvalue weighted by Gasteiger charge is -2.07. The number of H-pyrrole nitrogens is 1. The number of benzene rings is 1. The summed E-state index contributed by atoms with van der Waals surface area (Å²) in [6.45, 7) is 4.01. The molecule has 0 aliphatic rings. The summed E-state index contributed by atoms with van der Waals surface area (Å²) >= 11 is 3.01. The fourth-order valence-electron chi connectivity index (χ4n) is 2.46. The maximum atomic E-state index is 11.3. The van der Waals surface area contributed by atoms with Crippen LogP contribution in [0.3, 0.4) is 0 Å². The van der Waals surface area contributed by atoms with Crippen molar-refractivity contribution in [3.05, 3.63) is 39.3 Å². The lowest BCUT2D eigenvalue weighted by atomic mass is 10.1. The first-order valence-corrected chi connectivity index (χ1v) is 10.6. The topological polar surface area (TPSA) is 81.6 Å². The Morgan fingerprint density at radius 2 is 2.25 bits per heavy atom. The SMILES string of the molecule is Cc1sc(CS(C)=O)nc1SNc1ccc(C)c2c(C#N)c[nH]c12. The second-order valence-corrected chi connectivity index (χ2v) is 8.90. The normalized spacial score (nSPS) is 12.2. The van der Waals surface area contributed by atoms with Crippen LogP contribution >= 0.6 is 23.3 Å². The first-order valence-electron chi connectivity index (χ1n) is 7.19. The molecule has 0 amide bonds. The summed E-state index contributed by atoms with van der Waals surface area (Å²) in [4.78, 5) is 8.82. The highest BCUT2D eigenvalue weighted by Gasteiger charge is 2.13. The van der Waals surface area contributed by atoms with Crippen molar-refractivity contribution in [1.82, 2.24) is 9.97 Å². The molecule has 2 aromatic heterocycles. The molecule has 1 aromatic carbocycles. The largest absolute Gasteiger partial charge is 0.358 e. The van der Waals surface area contributed by atoms with Gasteiger partial charge in [-0.2, -0.15) is 5.26 Å². The zero-order valence-corrected chi connectivity index (χ0v) is 15.9. The molecule has 5 nitrogen and oxygen atoms in total. The van der Waals surface area contributed by atoms with Gasteiger partial charge < -0.3 is 9.71 Å². The minimum atomic E-state index is -0.888. The van der Waals surface area contributed by atoms with Gasteiger partial charge in [-0.1, -0.05) is 6.07 Å². The zero-order chi connectivity index (χ0) is 17.3. The quantitative estimate of drug-likeness (QED) is 0.655. The van der Waals surface area contributed by atoms with Crippen molar-refractivity contribution in [2.24, 2.45) is 0 Å². The van der Waals surface area contributed by atoms with E-state index in [9.17, 15) is 9.47 Å². The third-order valence-corrected chi connectivity index (χ3v) is 6.42. The lowest BCUT2D eigenvalue weighted by molar-refractivity contribution is 0.686. The molecule has 0 bridgehead atoms. The zero-order valence-electron chi connectivity index (χ0n) is 13.5. The number of hydrogen-bond donors (Lipinski definition) is 2. The Labute approximate surface area is 151 Å². The number of thiazole rings is 1. The molecule has 0 saturated carbocycles. The molecule has 0 aliphatic carbocycles. The fraction of sp³-hybridized carbons (Fsp3) is 0.250. The first-order chi connectivity index (χ1) is 11.5. The maximum Gasteiger partial charge on any atom is 0.131 e. The summed E-state index contributed by atoms with van der Waals surface area (Å²) in [5, 5.41) is 12.0. The van der Waals surface area contributed by atoms with E-state index in [4.69, 9.17) is 0 Å². The van der Waals surface area contributed by atoms with E-state index in [1.54, 1.807) is 23.8 Å². The number of fused-ring (bicyclic) bond motifs is 1. The molecule has 0 radical (unpaired) electrons. The summed E-state index contributed by atoms with van der Waals surface area (Å²) in [6, 6.07) is 6.21. The molecule has 0 aliphatic heterocycles. The fourth-order valence-corrected chi connectivity index (χ4v) is 5.22. The Bertz CT molecular complexity index is 968. The van der Waals surface area contributed by atoms with Crippen LogP contribution < -0.4 is 4.72 Å². The van der Waals surface area contributed by atoms with Gasteiger partial charge in [-0.3, -0.25) is 4.21 Å². The van der Waals surface area contributed by atoms with Crippen molar-refractivity contribution < 1.29 is 4.21 Å². The van der Waals surface area contributed by atoms with Crippen LogP contribution in [-0.4, -0.2) is 20.4 Å². The molecule has 124 valence electrons. The molecule has 3 rings (SSSR count). The van der Waals surface area contributed by atoms with E-state index in [1.165, 1.54) is 11.9 Å². The number of rotatable bonds is 5. The van der Waals surface area contributed by atoms with Crippen LogP contribution in [0.25, 0.3) is 10.9 Å². The number of nitriles is 1. The second kappa shape index (κ2) is 6.97. The van der Waals surface area contributed by atoms with E-state index in [0.717, 1.165) is 37.1 Å². The first kappa shape index (κ1) is 17.0. The van der Waals surface area contributed by atoms with E-state index in [2.05, 4.69) is 20.8 Å². The highest BCUT2D eigenvalue weighted by Crippen LogP contribution is 2.33. The highest BCUT2D eigenvalue weighted by molar-refractivity contribution is 8.00. The smallest absolute Gasteiger partial charge is 0.131 e. The number of aromatic amines is 1. The summed E-state index contributed by atoms with van der Waals surface area (Å²) in [6.07, 6.45) is 3.42. The minimum Gasteiger partial charge on any atom is -0.358 e. The summed E-state index contributed by atoms with van der Waals surface area (Å²) in [7, 11) is -0.888. The van der Waals surface area contributed by atoms with Crippen molar-refractivity contribution in [3.8, 4) is 6.07 Å². The summed E-state index contributed by atoms with van der Waals surface area (Å²) in [5.41, 5.74) is 3.54. The molecule has 0 fully saturated rings. The molecule has 1 unspecified atom stereocenters. The van der Waals surface area contributed by atoms with Gasteiger partial charge in [0.15, 0.2) is 0 Å². The van der Waals surface area contributed by atoms with E-state index in [0.29, 0.717) is 11.3 Å². The van der Waals surface area contributed by atoms with Gasteiger partial charge in [0.05, 0.1) is 22.5 Å². The number of aryl methyl sites for hydroxylation is 2. The average Bonchev–Trinajstić information content (AvgIpc) is 3.10. The number of aromatic nitrogens is 2. The molecule has 2 heterocycles. The van der Waals surface area contributed by atoms with Gasteiger partial charge in [0.1, 0.15) is 16.1 Å². The Morgan fingerprint density at radius 1 is 1.46 bits per heavy atom. The van der Waals surface area contributed by atoms with Gasteiger partial charge in [-0.05, 0) is 25.5 Å². The van der Waals surface area contributed by atoms with Gasteiger partial charge >= 0.3 is 0 Å². The average molecular weight is 377 g/mol. The van der Waals surface area contributed by atoms with Crippen LogP contribution in [-0.2, 0) is 16.6 Å². The third-order valence-electron chi connectivity index (χ3n) is 3.55. The molecule has 2 N–H and O–H groups in total. The van der Waals surface area contributed by atoms with Crippen LogP contribution in [0.2, 0.25) is 0 Å². The lowest BCUT2D eigenvalue weighted by Crippen LogP contribution is -1.93. The molecular formula is C16H16N4OS3. The van der Waals surface area contributed by atoms with Crippen LogP contribution in [0.1, 0.15) is 21.0 Å². The van der Waals surface area contributed by atoms with Crippen LogP contribution in [0.5, 0.6) is 0 Å². The number of anilines is 1. The maximum absolute atomic E-state index is 11.3. The van der Waals surface area contributed by atoms with Gasteiger partial charge in [-0.25, -0.2) is 4.98 Å². The molecule has 0 saturated heterocycles.